The fourth-order valence-electron chi connectivity index (χ4n) is 0.825. The molecule has 0 bridgehead atoms. The topological polar surface area (TPSA) is 42.2 Å². The van der Waals surface area contributed by atoms with Crippen LogP contribution >= 0.6 is 11.6 Å². The van der Waals surface area contributed by atoms with Gasteiger partial charge in [0, 0.05) is 5.92 Å². The van der Waals surface area contributed by atoms with Gasteiger partial charge in [-0.25, -0.2) is 0 Å². The van der Waals surface area contributed by atoms with Crippen molar-refractivity contribution in [3.05, 3.63) is 23.1 Å². The van der Waals surface area contributed by atoms with Crippen LogP contribution in [0.15, 0.2) is 16.5 Å². The fraction of sp³-hybridized carbons (Fsp3) is 0.444. The fourth-order valence-corrected chi connectivity index (χ4v) is 0.987. The third-order valence-corrected chi connectivity index (χ3v) is 1.79. The number of halogens is 1. The molecule has 0 spiro atoms. The van der Waals surface area contributed by atoms with Crippen molar-refractivity contribution in [3.8, 4) is 0 Å². The van der Waals surface area contributed by atoms with E-state index in [1.54, 1.807) is 12.1 Å². The smallest absolute Gasteiger partial charge is 0.222 e. The Balaban J connectivity index is 2.39. The van der Waals surface area contributed by atoms with Crippen molar-refractivity contribution in [2.24, 2.45) is 5.92 Å². The summed E-state index contributed by atoms with van der Waals surface area (Å²) in [6.07, 6.45) is 0. The molecule has 0 saturated carbocycles. The summed E-state index contributed by atoms with van der Waals surface area (Å²) in [5.41, 5.74) is 0. The number of rotatable bonds is 3. The van der Waals surface area contributed by atoms with Crippen LogP contribution in [0.5, 0.6) is 0 Å². The summed E-state index contributed by atoms with van der Waals surface area (Å²) in [6, 6.07) is 3.39. The number of carbonyl (C=O) groups excluding carboxylic acids is 1. The lowest BCUT2D eigenvalue weighted by Gasteiger charge is -2.04. The Morgan fingerprint density at radius 2 is 2.31 bits per heavy atom. The largest absolute Gasteiger partial charge is 0.448 e. The number of carbonyl (C=O) groups is 1. The highest BCUT2D eigenvalue weighted by Gasteiger charge is 2.07. The van der Waals surface area contributed by atoms with E-state index in [2.05, 4.69) is 5.32 Å². The molecule has 72 valence electrons. The molecule has 4 heteroatoms. The van der Waals surface area contributed by atoms with Crippen LogP contribution in [0.25, 0.3) is 0 Å². The van der Waals surface area contributed by atoms with Gasteiger partial charge in [-0.1, -0.05) is 13.8 Å². The van der Waals surface area contributed by atoms with Crippen LogP contribution in [-0.4, -0.2) is 5.91 Å². The number of nitrogens with one attached hydrogen (secondary N) is 1. The molecule has 0 aliphatic rings. The first-order valence-electron chi connectivity index (χ1n) is 4.11. The van der Waals surface area contributed by atoms with Crippen molar-refractivity contribution in [1.29, 1.82) is 0 Å². The molecule has 0 fully saturated rings. The zero-order valence-corrected chi connectivity index (χ0v) is 8.39. The highest BCUT2D eigenvalue weighted by molar-refractivity contribution is 6.28. The van der Waals surface area contributed by atoms with Gasteiger partial charge in [-0.2, -0.15) is 0 Å². The lowest BCUT2D eigenvalue weighted by Crippen LogP contribution is -2.26. The van der Waals surface area contributed by atoms with Gasteiger partial charge in [-0.05, 0) is 23.7 Å². The minimum Gasteiger partial charge on any atom is -0.448 e. The molecular weight excluding hydrogens is 190 g/mol. The summed E-state index contributed by atoms with van der Waals surface area (Å²) < 4.78 is 5.06. The molecule has 1 N–H and O–H groups in total. The van der Waals surface area contributed by atoms with E-state index in [4.69, 9.17) is 16.0 Å². The lowest BCUT2D eigenvalue weighted by atomic mass is 10.2. The minimum atomic E-state index is -0.00886. The first-order valence-corrected chi connectivity index (χ1v) is 4.49. The molecular formula is C9H12ClNO2. The van der Waals surface area contributed by atoms with Gasteiger partial charge in [0.2, 0.25) is 5.91 Å². The molecule has 0 aliphatic heterocycles. The van der Waals surface area contributed by atoms with Gasteiger partial charge < -0.3 is 9.73 Å². The van der Waals surface area contributed by atoms with Crippen molar-refractivity contribution in [1.82, 2.24) is 5.32 Å². The van der Waals surface area contributed by atoms with E-state index in [-0.39, 0.29) is 11.8 Å². The van der Waals surface area contributed by atoms with Gasteiger partial charge >= 0.3 is 0 Å². The van der Waals surface area contributed by atoms with E-state index in [9.17, 15) is 4.79 Å². The molecule has 0 radical (unpaired) electrons. The predicted molar refractivity (Wildman–Crippen MR) is 50.4 cm³/mol. The quantitative estimate of drug-likeness (QED) is 0.815. The van der Waals surface area contributed by atoms with Crippen LogP contribution in [-0.2, 0) is 11.3 Å². The first kappa shape index (κ1) is 10.1. The molecule has 1 heterocycles. The molecule has 13 heavy (non-hydrogen) atoms. The van der Waals surface area contributed by atoms with Gasteiger partial charge in [-0.3, -0.25) is 4.79 Å². The summed E-state index contributed by atoms with van der Waals surface area (Å²) in [7, 11) is 0. The van der Waals surface area contributed by atoms with Crippen LogP contribution in [0.3, 0.4) is 0 Å². The van der Waals surface area contributed by atoms with E-state index in [0.29, 0.717) is 17.5 Å². The number of furan rings is 1. The van der Waals surface area contributed by atoms with Gasteiger partial charge in [0.05, 0.1) is 6.54 Å². The Hall–Kier alpha value is -0.960. The van der Waals surface area contributed by atoms with Crippen molar-refractivity contribution >= 4 is 17.5 Å². The maximum Gasteiger partial charge on any atom is 0.222 e. The number of hydrogen-bond donors (Lipinski definition) is 1. The molecule has 0 saturated heterocycles. The second kappa shape index (κ2) is 4.33. The molecule has 1 aromatic rings. The van der Waals surface area contributed by atoms with E-state index in [1.807, 2.05) is 13.8 Å². The second-order valence-electron chi connectivity index (χ2n) is 3.08. The van der Waals surface area contributed by atoms with Crippen LogP contribution < -0.4 is 5.32 Å². The van der Waals surface area contributed by atoms with E-state index in [0.717, 1.165) is 0 Å². The summed E-state index contributed by atoms with van der Waals surface area (Å²) in [5, 5.41) is 3.06. The monoisotopic (exact) mass is 201 g/mol. The molecule has 3 nitrogen and oxygen atoms in total. The summed E-state index contributed by atoms with van der Waals surface area (Å²) in [5.74, 6) is 0.664. The van der Waals surface area contributed by atoms with Crippen molar-refractivity contribution in [2.45, 2.75) is 20.4 Å². The third kappa shape index (κ3) is 3.11. The zero-order valence-electron chi connectivity index (χ0n) is 7.63. The molecule has 0 unspecified atom stereocenters. The van der Waals surface area contributed by atoms with Crippen LogP contribution in [0.4, 0.5) is 0 Å². The van der Waals surface area contributed by atoms with Gasteiger partial charge in [0.15, 0.2) is 5.22 Å². The van der Waals surface area contributed by atoms with Gasteiger partial charge in [0.25, 0.3) is 0 Å². The summed E-state index contributed by atoms with van der Waals surface area (Å²) >= 11 is 5.56. The molecule has 1 amide bonds. The van der Waals surface area contributed by atoms with E-state index < -0.39 is 0 Å². The number of amides is 1. The third-order valence-electron chi connectivity index (χ3n) is 1.59. The van der Waals surface area contributed by atoms with E-state index >= 15 is 0 Å². The summed E-state index contributed by atoms with van der Waals surface area (Å²) in [4.78, 5) is 11.1. The minimum absolute atomic E-state index is 0.00697. The van der Waals surface area contributed by atoms with Crippen LogP contribution in [0.1, 0.15) is 19.6 Å². The standard InChI is InChI=1S/C9H12ClNO2/c1-6(2)9(12)11-5-7-3-4-8(10)13-7/h3-4,6H,5H2,1-2H3,(H,11,12). The Morgan fingerprint density at radius 3 is 2.77 bits per heavy atom. The normalized spacial score (nSPS) is 10.5. The maximum atomic E-state index is 11.1. The molecule has 0 aromatic carbocycles. The maximum absolute atomic E-state index is 11.1. The average Bonchev–Trinajstić information content (AvgIpc) is 2.47. The highest BCUT2D eigenvalue weighted by Crippen LogP contribution is 2.12. The molecule has 1 rings (SSSR count). The Kier molecular flexibility index (Phi) is 3.37. The SMILES string of the molecule is CC(C)C(=O)NCc1ccc(Cl)o1. The predicted octanol–water partition coefficient (Wildman–Crippen LogP) is 2.21. The van der Waals surface area contributed by atoms with Gasteiger partial charge in [-0.15, -0.1) is 0 Å². The van der Waals surface area contributed by atoms with Crippen LogP contribution in [0.2, 0.25) is 5.22 Å². The summed E-state index contributed by atoms with van der Waals surface area (Å²) in [6.45, 7) is 4.07. The van der Waals surface area contributed by atoms with Crippen molar-refractivity contribution in [3.63, 3.8) is 0 Å². The molecule has 0 aliphatic carbocycles. The molecule has 0 atom stereocenters. The van der Waals surface area contributed by atoms with Crippen molar-refractivity contribution in [2.75, 3.05) is 0 Å². The van der Waals surface area contributed by atoms with E-state index in [1.165, 1.54) is 0 Å². The Labute approximate surface area is 82.1 Å². The van der Waals surface area contributed by atoms with Gasteiger partial charge in [0.1, 0.15) is 5.76 Å². The first-order chi connectivity index (χ1) is 6.09. The second-order valence-corrected chi connectivity index (χ2v) is 3.45. The van der Waals surface area contributed by atoms with Crippen LogP contribution in [0, 0.1) is 5.92 Å². The highest BCUT2D eigenvalue weighted by atomic mass is 35.5. The Bertz CT molecular complexity index is 294. The Morgan fingerprint density at radius 1 is 1.62 bits per heavy atom. The lowest BCUT2D eigenvalue weighted by molar-refractivity contribution is -0.124. The zero-order chi connectivity index (χ0) is 9.84. The number of hydrogen-bond acceptors (Lipinski definition) is 2. The van der Waals surface area contributed by atoms with Crippen molar-refractivity contribution < 1.29 is 9.21 Å². The average molecular weight is 202 g/mol. The molecule has 1 aromatic heterocycles.